The summed E-state index contributed by atoms with van der Waals surface area (Å²) in [5, 5.41) is 3.46. The van der Waals surface area contributed by atoms with E-state index in [4.69, 9.17) is 11.6 Å². The largest absolute Gasteiger partial charge is 0.368 e. The van der Waals surface area contributed by atoms with E-state index in [2.05, 4.69) is 10.2 Å². The van der Waals surface area contributed by atoms with Crippen molar-refractivity contribution in [3.05, 3.63) is 59.1 Å². The van der Waals surface area contributed by atoms with Gasteiger partial charge in [-0.05, 0) is 42.8 Å². The van der Waals surface area contributed by atoms with Crippen LogP contribution in [-0.2, 0) is 9.59 Å². The van der Waals surface area contributed by atoms with Crippen LogP contribution in [0.5, 0.6) is 0 Å². The Hall–Kier alpha value is -2.18. The molecule has 0 atom stereocenters. The molecule has 0 aromatic heterocycles. The third-order valence-corrected chi connectivity index (χ3v) is 6.14. The van der Waals surface area contributed by atoms with Gasteiger partial charge in [0.15, 0.2) is 0 Å². The second-order valence-corrected chi connectivity index (χ2v) is 8.13. The molecule has 148 valence electrons. The normalized spacial score (nSPS) is 14.1. The van der Waals surface area contributed by atoms with E-state index < -0.39 is 0 Å². The first-order chi connectivity index (χ1) is 13.5. The standard InChI is InChI=1S/C21H24ClN3O2S/c1-16-4-2-3-5-19(16)28-15-20(26)23-14-21(27)25-12-10-24(11-13-25)18-8-6-17(22)7-9-18/h2-9H,10-15H2,1H3,(H,23,26). The maximum Gasteiger partial charge on any atom is 0.242 e. The third-order valence-electron chi connectivity index (χ3n) is 4.71. The minimum atomic E-state index is -0.124. The Morgan fingerprint density at radius 1 is 1.04 bits per heavy atom. The van der Waals surface area contributed by atoms with Crippen molar-refractivity contribution in [2.75, 3.05) is 43.4 Å². The van der Waals surface area contributed by atoms with Crippen molar-refractivity contribution in [2.45, 2.75) is 11.8 Å². The maximum atomic E-state index is 12.4. The molecule has 5 nitrogen and oxygen atoms in total. The predicted molar refractivity (Wildman–Crippen MR) is 115 cm³/mol. The number of anilines is 1. The lowest BCUT2D eigenvalue weighted by Crippen LogP contribution is -2.51. The van der Waals surface area contributed by atoms with Crippen LogP contribution in [0.25, 0.3) is 0 Å². The highest BCUT2D eigenvalue weighted by atomic mass is 35.5. The highest BCUT2D eigenvalue weighted by Gasteiger charge is 2.21. The van der Waals surface area contributed by atoms with Crippen LogP contribution >= 0.6 is 23.4 Å². The fraction of sp³-hybridized carbons (Fsp3) is 0.333. The zero-order valence-electron chi connectivity index (χ0n) is 15.9. The van der Waals surface area contributed by atoms with Crippen molar-refractivity contribution in [3.8, 4) is 0 Å². The molecule has 0 aliphatic carbocycles. The summed E-state index contributed by atoms with van der Waals surface area (Å²) in [7, 11) is 0. The molecule has 0 bridgehead atoms. The first kappa shape index (κ1) is 20.6. The van der Waals surface area contributed by atoms with Gasteiger partial charge in [0.05, 0.1) is 12.3 Å². The maximum absolute atomic E-state index is 12.4. The minimum absolute atomic E-state index is 0.0370. The number of thioether (sulfide) groups is 1. The first-order valence-electron chi connectivity index (χ1n) is 9.26. The van der Waals surface area contributed by atoms with Gasteiger partial charge in [-0.25, -0.2) is 0 Å². The number of carbonyl (C=O) groups is 2. The topological polar surface area (TPSA) is 52.7 Å². The number of benzene rings is 2. The number of halogens is 1. The summed E-state index contributed by atoms with van der Waals surface area (Å²) < 4.78 is 0. The minimum Gasteiger partial charge on any atom is -0.368 e. The van der Waals surface area contributed by atoms with E-state index in [-0.39, 0.29) is 18.4 Å². The lowest BCUT2D eigenvalue weighted by atomic mass is 10.2. The molecule has 1 saturated heterocycles. The molecule has 1 aliphatic rings. The Morgan fingerprint density at radius 2 is 1.71 bits per heavy atom. The Kier molecular flexibility index (Phi) is 7.23. The van der Waals surface area contributed by atoms with E-state index in [9.17, 15) is 9.59 Å². The molecular weight excluding hydrogens is 394 g/mol. The van der Waals surface area contributed by atoms with Crippen molar-refractivity contribution < 1.29 is 9.59 Å². The molecule has 7 heteroatoms. The first-order valence-corrected chi connectivity index (χ1v) is 10.6. The monoisotopic (exact) mass is 417 g/mol. The van der Waals surface area contributed by atoms with Crippen molar-refractivity contribution in [1.82, 2.24) is 10.2 Å². The van der Waals surface area contributed by atoms with Gasteiger partial charge in [-0.15, -0.1) is 11.8 Å². The van der Waals surface area contributed by atoms with E-state index >= 15 is 0 Å². The van der Waals surface area contributed by atoms with Gasteiger partial charge in [-0.1, -0.05) is 29.8 Å². The molecular formula is C21H24ClN3O2S. The van der Waals surface area contributed by atoms with Crippen LogP contribution in [0.1, 0.15) is 5.56 Å². The molecule has 1 aliphatic heterocycles. The summed E-state index contributed by atoms with van der Waals surface area (Å²) in [4.78, 5) is 29.6. The summed E-state index contributed by atoms with van der Waals surface area (Å²) in [6.45, 7) is 4.90. The summed E-state index contributed by atoms with van der Waals surface area (Å²) in [5.74, 6) is 0.147. The quantitative estimate of drug-likeness (QED) is 0.733. The van der Waals surface area contributed by atoms with E-state index in [0.29, 0.717) is 23.9 Å². The third kappa shape index (κ3) is 5.66. The smallest absolute Gasteiger partial charge is 0.242 e. The molecule has 3 rings (SSSR count). The van der Waals surface area contributed by atoms with Gasteiger partial charge in [0.2, 0.25) is 11.8 Å². The van der Waals surface area contributed by atoms with Crippen molar-refractivity contribution in [1.29, 1.82) is 0 Å². The van der Waals surface area contributed by atoms with Gasteiger partial charge < -0.3 is 15.1 Å². The molecule has 0 unspecified atom stereocenters. The molecule has 1 N–H and O–H groups in total. The fourth-order valence-electron chi connectivity index (χ4n) is 3.06. The molecule has 0 saturated carbocycles. The molecule has 0 radical (unpaired) electrons. The Bertz CT molecular complexity index is 821. The summed E-state index contributed by atoms with van der Waals surface area (Å²) in [6, 6.07) is 15.7. The average Bonchev–Trinajstić information content (AvgIpc) is 2.72. The molecule has 2 aromatic rings. The van der Waals surface area contributed by atoms with E-state index in [1.807, 2.05) is 55.5 Å². The van der Waals surface area contributed by atoms with Crippen LogP contribution in [-0.4, -0.2) is 55.2 Å². The molecule has 28 heavy (non-hydrogen) atoms. The van der Waals surface area contributed by atoms with Gasteiger partial charge >= 0.3 is 0 Å². The Labute approximate surface area is 175 Å². The summed E-state index contributed by atoms with van der Waals surface area (Å²) in [5.41, 5.74) is 2.26. The van der Waals surface area contributed by atoms with Crippen molar-refractivity contribution in [2.24, 2.45) is 0 Å². The average molecular weight is 418 g/mol. The highest BCUT2D eigenvalue weighted by Crippen LogP contribution is 2.21. The van der Waals surface area contributed by atoms with Gasteiger partial charge in [-0.2, -0.15) is 0 Å². The van der Waals surface area contributed by atoms with E-state index in [0.717, 1.165) is 29.2 Å². The van der Waals surface area contributed by atoms with Gasteiger partial charge in [0, 0.05) is 41.8 Å². The zero-order valence-corrected chi connectivity index (χ0v) is 17.4. The van der Waals surface area contributed by atoms with E-state index in [1.54, 1.807) is 4.90 Å². The van der Waals surface area contributed by atoms with Gasteiger partial charge in [0.25, 0.3) is 0 Å². The molecule has 0 spiro atoms. The number of nitrogens with one attached hydrogen (secondary N) is 1. The van der Waals surface area contributed by atoms with Crippen LogP contribution < -0.4 is 10.2 Å². The van der Waals surface area contributed by atoms with Crippen LogP contribution in [0.4, 0.5) is 5.69 Å². The number of aryl methyl sites for hydroxylation is 1. The highest BCUT2D eigenvalue weighted by molar-refractivity contribution is 8.00. The van der Waals surface area contributed by atoms with Gasteiger partial charge in [0.1, 0.15) is 0 Å². The summed E-state index contributed by atoms with van der Waals surface area (Å²) in [6.07, 6.45) is 0. The number of hydrogen-bond acceptors (Lipinski definition) is 4. The fourth-order valence-corrected chi connectivity index (χ4v) is 4.05. The Balaban J connectivity index is 1.39. The van der Waals surface area contributed by atoms with Crippen molar-refractivity contribution in [3.63, 3.8) is 0 Å². The van der Waals surface area contributed by atoms with Crippen LogP contribution in [0.2, 0.25) is 5.02 Å². The van der Waals surface area contributed by atoms with Crippen LogP contribution in [0, 0.1) is 6.92 Å². The summed E-state index contributed by atoms with van der Waals surface area (Å²) >= 11 is 7.42. The van der Waals surface area contributed by atoms with Crippen LogP contribution in [0.3, 0.4) is 0 Å². The lowest BCUT2D eigenvalue weighted by Gasteiger charge is -2.36. The molecule has 2 aromatic carbocycles. The zero-order chi connectivity index (χ0) is 19.9. The number of piperazine rings is 1. The Morgan fingerprint density at radius 3 is 2.39 bits per heavy atom. The van der Waals surface area contributed by atoms with Crippen LogP contribution in [0.15, 0.2) is 53.4 Å². The number of rotatable bonds is 6. The van der Waals surface area contributed by atoms with Gasteiger partial charge in [-0.3, -0.25) is 9.59 Å². The number of amides is 2. The number of carbonyl (C=O) groups excluding carboxylic acids is 2. The molecule has 1 fully saturated rings. The second kappa shape index (κ2) is 9.85. The number of hydrogen-bond donors (Lipinski definition) is 1. The SMILES string of the molecule is Cc1ccccc1SCC(=O)NCC(=O)N1CCN(c2ccc(Cl)cc2)CC1. The molecule has 2 amide bonds. The molecule has 1 heterocycles. The number of nitrogens with zero attached hydrogens (tertiary/aromatic N) is 2. The van der Waals surface area contributed by atoms with Crippen molar-refractivity contribution >= 4 is 40.9 Å². The second-order valence-electron chi connectivity index (χ2n) is 6.68. The lowest BCUT2D eigenvalue weighted by molar-refractivity contribution is -0.132. The predicted octanol–water partition coefficient (Wildman–Crippen LogP) is 3.21. The van der Waals surface area contributed by atoms with E-state index in [1.165, 1.54) is 11.8 Å².